The fourth-order valence-corrected chi connectivity index (χ4v) is 3.01. The van der Waals surface area contributed by atoms with Gasteiger partial charge in [-0.2, -0.15) is 0 Å². The average Bonchev–Trinajstić information content (AvgIpc) is 2.47. The van der Waals surface area contributed by atoms with Crippen LogP contribution in [0, 0.1) is 17.5 Å². The lowest BCUT2D eigenvalue weighted by Crippen LogP contribution is -2.04. The molecule has 0 saturated heterocycles. The van der Waals surface area contributed by atoms with Gasteiger partial charge in [0.2, 0.25) is 0 Å². The van der Waals surface area contributed by atoms with Crippen molar-refractivity contribution in [3.63, 3.8) is 0 Å². The highest BCUT2D eigenvalue weighted by molar-refractivity contribution is 5.84. The summed E-state index contributed by atoms with van der Waals surface area (Å²) in [6.45, 7) is 2.05. The molecule has 1 aliphatic rings. The Morgan fingerprint density at radius 1 is 0.955 bits per heavy atom. The molecule has 0 aliphatic heterocycles. The minimum Gasteiger partial charge on any atom is -0.207 e. The Morgan fingerprint density at radius 2 is 1.77 bits per heavy atom. The Labute approximate surface area is 128 Å². The summed E-state index contributed by atoms with van der Waals surface area (Å²) >= 11 is 0. The smallest absolute Gasteiger partial charge is 0.130 e. The van der Waals surface area contributed by atoms with Gasteiger partial charge in [0.15, 0.2) is 0 Å². The molecule has 0 nitrogen and oxygen atoms in total. The second-order valence-electron chi connectivity index (χ2n) is 5.69. The predicted octanol–water partition coefficient (Wildman–Crippen LogP) is 5.54. The molecule has 22 heavy (non-hydrogen) atoms. The summed E-state index contributed by atoms with van der Waals surface area (Å²) in [6, 6.07) is 7.46. The number of hydrogen-bond donors (Lipinski definition) is 0. The molecule has 0 aromatic heterocycles. The van der Waals surface area contributed by atoms with Crippen molar-refractivity contribution in [2.75, 3.05) is 0 Å². The lowest BCUT2D eigenvalue weighted by molar-refractivity contribution is 0.570. The number of hydrogen-bond acceptors (Lipinski definition) is 0. The van der Waals surface area contributed by atoms with E-state index in [0.29, 0.717) is 29.5 Å². The van der Waals surface area contributed by atoms with E-state index >= 15 is 0 Å². The summed E-state index contributed by atoms with van der Waals surface area (Å²) in [5, 5.41) is 0. The van der Waals surface area contributed by atoms with Crippen LogP contribution in [0.3, 0.4) is 0 Å². The molecule has 3 rings (SSSR count). The van der Waals surface area contributed by atoms with Crippen LogP contribution in [0.25, 0.3) is 11.6 Å². The Bertz CT molecular complexity index is 745. The van der Waals surface area contributed by atoms with Crippen molar-refractivity contribution in [2.45, 2.75) is 32.6 Å². The van der Waals surface area contributed by atoms with Gasteiger partial charge in [-0.3, -0.25) is 0 Å². The van der Waals surface area contributed by atoms with E-state index in [1.165, 1.54) is 6.07 Å². The van der Waals surface area contributed by atoms with Crippen LogP contribution < -0.4 is 0 Å². The molecular formula is C19H17F3. The van der Waals surface area contributed by atoms with Crippen LogP contribution in [0.4, 0.5) is 13.2 Å². The third kappa shape index (κ3) is 2.80. The van der Waals surface area contributed by atoms with E-state index in [1.807, 2.05) is 6.07 Å². The van der Waals surface area contributed by atoms with Gasteiger partial charge in [0.25, 0.3) is 0 Å². The first-order valence-electron chi connectivity index (χ1n) is 7.55. The zero-order chi connectivity index (χ0) is 15.7. The number of aryl methyl sites for hydroxylation is 1. The number of benzene rings is 2. The third-order valence-corrected chi connectivity index (χ3v) is 4.09. The van der Waals surface area contributed by atoms with E-state index < -0.39 is 11.6 Å². The standard InChI is InChI=1S/C19H17F3/c1-2-3-12-4-6-16(18(21)8-12)13-5-7-17-14(9-13)10-15(20)11-19(17)22/h4,6,8-11H,2-3,5,7H2,1H3. The first-order valence-corrected chi connectivity index (χ1v) is 7.55. The van der Waals surface area contributed by atoms with Gasteiger partial charge in [-0.25, -0.2) is 13.2 Å². The molecule has 3 heteroatoms. The Morgan fingerprint density at radius 3 is 2.50 bits per heavy atom. The Kier molecular flexibility index (Phi) is 4.06. The van der Waals surface area contributed by atoms with Crippen LogP contribution in [0.2, 0.25) is 0 Å². The number of halogens is 3. The van der Waals surface area contributed by atoms with E-state index in [0.717, 1.165) is 30.0 Å². The van der Waals surface area contributed by atoms with Gasteiger partial charge < -0.3 is 0 Å². The summed E-state index contributed by atoms with van der Waals surface area (Å²) in [6.07, 6.45) is 4.52. The van der Waals surface area contributed by atoms with E-state index in [4.69, 9.17) is 0 Å². The first-order chi connectivity index (χ1) is 10.6. The van der Waals surface area contributed by atoms with E-state index in [1.54, 1.807) is 18.2 Å². The normalized spacial score (nSPS) is 13.7. The fourth-order valence-electron chi connectivity index (χ4n) is 3.01. The van der Waals surface area contributed by atoms with Gasteiger partial charge in [0, 0.05) is 11.6 Å². The monoisotopic (exact) mass is 302 g/mol. The maximum absolute atomic E-state index is 14.3. The van der Waals surface area contributed by atoms with E-state index in [9.17, 15) is 13.2 Å². The summed E-state index contributed by atoms with van der Waals surface area (Å²) in [5.74, 6) is -1.39. The van der Waals surface area contributed by atoms with Crippen molar-refractivity contribution < 1.29 is 13.2 Å². The van der Waals surface area contributed by atoms with Gasteiger partial charge in [0.05, 0.1) is 0 Å². The number of fused-ring (bicyclic) bond motifs is 1. The van der Waals surface area contributed by atoms with Crippen molar-refractivity contribution in [1.29, 1.82) is 0 Å². The first kappa shape index (κ1) is 14.9. The zero-order valence-corrected chi connectivity index (χ0v) is 12.4. The van der Waals surface area contributed by atoms with Crippen LogP contribution in [0.1, 0.15) is 42.0 Å². The van der Waals surface area contributed by atoms with Gasteiger partial charge in [-0.1, -0.05) is 31.6 Å². The summed E-state index contributed by atoms with van der Waals surface area (Å²) in [4.78, 5) is 0. The van der Waals surface area contributed by atoms with Crippen LogP contribution >= 0.6 is 0 Å². The minimum absolute atomic E-state index is 0.266. The molecule has 0 amide bonds. The second-order valence-corrected chi connectivity index (χ2v) is 5.69. The third-order valence-electron chi connectivity index (χ3n) is 4.09. The second kappa shape index (κ2) is 5.99. The highest BCUT2D eigenvalue weighted by Crippen LogP contribution is 2.33. The molecule has 0 spiro atoms. The van der Waals surface area contributed by atoms with Crippen molar-refractivity contribution in [3.05, 3.63) is 70.0 Å². The predicted molar refractivity (Wildman–Crippen MR) is 82.9 cm³/mol. The largest absolute Gasteiger partial charge is 0.207 e. The Balaban J connectivity index is 2.01. The molecule has 2 aromatic rings. The van der Waals surface area contributed by atoms with Crippen molar-refractivity contribution >= 4 is 11.6 Å². The number of allylic oxidation sites excluding steroid dienone is 1. The minimum atomic E-state index is -0.604. The maximum Gasteiger partial charge on any atom is 0.130 e. The highest BCUT2D eigenvalue weighted by Gasteiger charge is 2.18. The van der Waals surface area contributed by atoms with E-state index in [-0.39, 0.29) is 5.82 Å². The quantitative estimate of drug-likeness (QED) is 0.698. The van der Waals surface area contributed by atoms with Crippen LogP contribution in [0.15, 0.2) is 30.3 Å². The molecule has 0 unspecified atom stereocenters. The lowest BCUT2D eigenvalue weighted by atomic mass is 9.87. The summed E-state index contributed by atoms with van der Waals surface area (Å²) in [7, 11) is 0. The summed E-state index contributed by atoms with van der Waals surface area (Å²) < 4.78 is 41.4. The molecule has 1 aliphatic carbocycles. The molecule has 0 bridgehead atoms. The summed E-state index contributed by atoms with van der Waals surface area (Å²) in [5.41, 5.74) is 3.30. The van der Waals surface area contributed by atoms with Crippen molar-refractivity contribution in [1.82, 2.24) is 0 Å². The van der Waals surface area contributed by atoms with Crippen LogP contribution in [0.5, 0.6) is 0 Å². The Hall–Kier alpha value is -2.03. The zero-order valence-electron chi connectivity index (χ0n) is 12.4. The molecule has 114 valence electrons. The molecular weight excluding hydrogens is 285 g/mol. The topological polar surface area (TPSA) is 0 Å². The molecule has 0 atom stereocenters. The molecule has 0 heterocycles. The maximum atomic E-state index is 14.3. The van der Waals surface area contributed by atoms with Crippen LogP contribution in [-0.4, -0.2) is 0 Å². The van der Waals surface area contributed by atoms with Crippen LogP contribution in [-0.2, 0) is 12.8 Å². The highest BCUT2D eigenvalue weighted by atomic mass is 19.1. The SMILES string of the molecule is CCCc1ccc(C2=Cc3cc(F)cc(F)c3CC2)c(F)c1. The van der Waals surface area contributed by atoms with Crippen molar-refractivity contribution in [2.24, 2.45) is 0 Å². The van der Waals surface area contributed by atoms with E-state index in [2.05, 4.69) is 6.92 Å². The van der Waals surface area contributed by atoms with Gasteiger partial charge in [0.1, 0.15) is 17.5 Å². The van der Waals surface area contributed by atoms with Gasteiger partial charge >= 0.3 is 0 Å². The van der Waals surface area contributed by atoms with Gasteiger partial charge in [-0.15, -0.1) is 0 Å². The molecule has 0 N–H and O–H groups in total. The fraction of sp³-hybridized carbons (Fsp3) is 0.263. The van der Waals surface area contributed by atoms with Gasteiger partial charge in [-0.05, 0) is 53.7 Å². The molecule has 0 saturated carbocycles. The van der Waals surface area contributed by atoms with Crippen molar-refractivity contribution in [3.8, 4) is 0 Å². The lowest BCUT2D eigenvalue weighted by Gasteiger charge is -2.18. The molecule has 2 aromatic carbocycles. The number of rotatable bonds is 3. The molecule has 0 fully saturated rings. The molecule has 0 radical (unpaired) electrons. The average molecular weight is 302 g/mol.